The average molecular weight is 316 g/mol. The molecule has 1 unspecified atom stereocenters. The molecule has 0 aliphatic rings. The molecule has 0 radical (unpaired) electrons. The Kier molecular flexibility index (Phi) is 5.71. The van der Waals surface area contributed by atoms with Crippen LogP contribution in [0.25, 0.3) is 0 Å². The number of hydrogen-bond donors (Lipinski definition) is 2. The lowest BCUT2D eigenvalue weighted by Crippen LogP contribution is -2.19. The largest absolute Gasteiger partial charge is 0.496 e. The average Bonchev–Trinajstić information content (AvgIpc) is 2.53. The summed E-state index contributed by atoms with van der Waals surface area (Å²) in [6, 6.07) is 12.0. The van der Waals surface area contributed by atoms with Gasteiger partial charge in [0.15, 0.2) is 0 Å². The van der Waals surface area contributed by atoms with Gasteiger partial charge in [-0.1, -0.05) is 12.1 Å². The Morgan fingerprint density at radius 2 is 1.91 bits per heavy atom. The van der Waals surface area contributed by atoms with Crippen LogP contribution >= 0.6 is 0 Å². The third-order valence-electron chi connectivity index (χ3n) is 3.54. The Morgan fingerprint density at radius 1 is 1.22 bits per heavy atom. The van der Waals surface area contributed by atoms with Gasteiger partial charge in [-0.2, -0.15) is 0 Å². The zero-order valence-corrected chi connectivity index (χ0v) is 13.5. The maximum atomic E-state index is 13.4. The highest BCUT2D eigenvalue weighted by molar-refractivity contribution is 5.88. The number of anilines is 1. The van der Waals surface area contributed by atoms with Gasteiger partial charge in [-0.3, -0.25) is 4.79 Å². The fourth-order valence-corrected chi connectivity index (χ4v) is 2.33. The highest BCUT2D eigenvalue weighted by Crippen LogP contribution is 2.26. The summed E-state index contributed by atoms with van der Waals surface area (Å²) >= 11 is 0. The summed E-state index contributed by atoms with van der Waals surface area (Å²) in [5.41, 5.74) is 2.62. The zero-order chi connectivity index (χ0) is 16.8. The minimum absolute atomic E-state index is 0.0596. The van der Waals surface area contributed by atoms with Crippen LogP contribution in [0.2, 0.25) is 0 Å². The van der Waals surface area contributed by atoms with Crippen molar-refractivity contribution in [3.05, 3.63) is 59.4 Å². The third-order valence-corrected chi connectivity index (χ3v) is 3.54. The summed E-state index contributed by atoms with van der Waals surface area (Å²) in [5, 5.41) is 6.07. The molecule has 4 nitrogen and oxygen atoms in total. The number of nitrogens with one attached hydrogen (secondary N) is 2. The molecule has 0 bridgehead atoms. The number of amides is 1. The van der Waals surface area contributed by atoms with Gasteiger partial charge < -0.3 is 15.4 Å². The fourth-order valence-electron chi connectivity index (χ4n) is 2.33. The Morgan fingerprint density at radius 3 is 2.52 bits per heavy atom. The van der Waals surface area contributed by atoms with E-state index in [9.17, 15) is 9.18 Å². The summed E-state index contributed by atoms with van der Waals surface area (Å²) in [6.07, 6.45) is 0. The number of halogens is 1. The predicted octanol–water partition coefficient (Wildman–Crippen LogP) is 3.64. The smallest absolute Gasteiger partial charge is 0.221 e. The summed E-state index contributed by atoms with van der Waals surface area (Å²) in [5.74, 6) is 0.282. The van der Waals surface area contributed by atoms with Gasteiger partial charge in [0.05, 0.1) is 7.11 Å². The van der Waals surface area contributed by atoms with E-state index in [-0.39, 0.29) is 17.8 Å². The van der Waals surface area contributed by atoms with Crippen molar-refractivity contribution in [3.8, 4) is 5.75 Å². The van der Waals surface area contributed by atoms with Crippen molar-refractivity contribution in [2.45, 2.75) is 26.4 Å². The van der Waals surface area contributed by atoms with Crippen molar-refractivity contribution in [2.24, 2.45) is 0 Å². The first-order valence-corrected chi connectivity index (χ1v) is 7.43. The first-order chi connectivity index (χ1) is 11.0. The van der Waals surface area contributed by atoms with E-state index < -0.39 is 0 Å². The monoisotopic (exact) mass is 316 g/mol. The minimum Gasteiger partial charge on any atom is -0.496 e. The Hall–Kier alpha value is -2.40. The lowest BCUT2D eigenvalue weighted by atomic mass is 10.1. The van der Waals surface area contributed by atoms with E-state index in [2.05, 4.69) is 10.6 Å². The number of rotatable bonds is 6. The van der Waals surface area contributed by atoms with Crippen LogP contribution in [0.4, 0.5) is 10.1 Å². The summed E-state index contributed by atoms with van der Waals surface area (Å²) < 4.78 is 18.7. The first kappa shape index (κ1) is 17.0. The molecule has 0 fully saturated rings. The van der Waals surface area contributed by atoms with E-state index in [0.717, 1.165) is 16.8 Å². The molecule has 0 aliphatic heterocycles. The van der Waals surface area contributed by atoms with E-state index >= 15 is 0 Å². The van der Waals surface area contributed by atoms with E-state index in [0.29, 0.717) is 12.3 Å². The molecule has 2 N–H and O–H groups in total. The van der Waals surface area contributed by atoms with Gasteiger partial charge in [-0.25, -0.2) is 4.39 Å². The second-order valence-electron chi connectivity index (χ2n) is 5.37. The molecule has 122 valence electrons. The quantitative estimate of drug-likeness (QED) is 0.855. The van der Waals surface area contributed by atoms with Crippen LogP contribution in [0.15, 0.2) is 42.5 Å². The molecule has 5 heteroatoms. The van der Waals surface area contributed by atoms with Gasteiger partial charge in [0.2, 0.25) is 5.91 Å². The molecule has 0 spiro atoms. The van der Waals surface area contributed by atoms with Crippen molar-refractivity contribution in [3.63, 3.8) is 0 Å². The van der Waals surface area contributed by atoms with Gasteiger partial charge in [0.25, 0.3) is 0 Å². The van der Waals surface area contributed by atoms with Crippen LogP contribution in [0, 0.1) is 5.82 Å². The molecule has 1 atom stereocenters. The van der Waals surface area contributed by atoms with Crippen molar-refractivity contribution in [2.75, 3.05) is 12.4 Å². The van der Waals surface area contributed by atoms with Gasteiger partial charge in [0, 0.05) is 30.8 Å². The molecule has 0 aromatic heterocycles. The molecule has 1 amide bonds. The van der Waals surface area contributed by atoms with Crippen molar-refractivity contribution < 1.29 is 13.9 Å². The number of carbonyl (C=O) groups is 1. The Bertz CT molecular complexity index is 671. The highest BCUT2D eigenvalue weighted by atomic mass is 19.1. The van der Waals surface area contributed by atoms with E-state index in [4.69, 9.17) is 4.74 Å². The van der Waals surface area contributed by atoms with Crippen LogP contribution in [-0.4, -0.2) is 13.0 Å². The van der Waals surface area contributed by atoms with Crippen LogP contribution in [0.5, 0.6) is 5.75 Å². The van der Waals surface area contributed by atoms with Crippen LogP contribution in [-0.2, 0) is 11.3 Å². The Labute approximate surface area is 135 Å². The SMILES string of the molecule is COc1ccc(F)cc1C(C)NCc1ccc(NC(C)=O)cc1. The lowest BCUT2D eigenvalue weighted by molar-refractivity contribution is -0.114. The predicted molar refractivity (Wildman–Crippen MR) is 89.0 cm³/mol. The Balaban J connectivity index is 2.00. The summed E-state index contributed by atoms with van der Waals surface area (Å²) in [4.78, 5) is 11.0. The van der Waals surface area contributed by atoms with E-state index in [1.165, 1.54) is 19.1 Å². The topological polar surface area (TPSA) is 50.4 Å². The van der Waals surface area contributed by atoms with Gasteiger partial charge in [0.1, 0.15) is 11.6 Å². The molecule has 0 saturated heterocycles. The molecule has 0 aliphatic carbocycles. The molecule has 23 heavy (non-hydrogen) atoms. The number of hydrogen-bond acceptors (Lipinski definition) is 3. The second-order valence-corrected chi connectivity index (χ2v) is 5.37. The molecular formula is C18H21FN2O2. The van der Waals surface area contributed by atoms with Gasteiger partial charge in [-0.05, 0) is 42.8 Å². The number of benzene rings is 2. The summed E-state index contributed by atoms with van der Waals surface area (Å²) in [6.45, 7) is 4.06. The lowest BCUT2D eigenvalue weighted by Gasteiger charge is -2.17. The van der Waals surface area contributed by atoms with Gasteiger partial charge in [-0.15, -0.1) is 0 Å². The molecule has 2 rings (SSSR count). The molecule has 2 aromatic rings. The number of carbonyl (C=O) groups excluding carboxylic acids is 1. The standard InChI is InChI=1S/C18H21FN2O2/c1-12(17-10-15(19)6-9-18(17)23-3)20-11-14-4-7-16(8-5-14)21-13(2)22/h4-10,12,20H,11H2,1-3H3,(H,21,22). The maximum Gasteiger partial charge on any atom is 0.221 e. The third kappa shape index (κ3) is 4.79. The highest BCUT2D eigenvalue weighted by Gasteiger charge is 2.12. The molecule has 2 aromatic carbocycles. The fraction of sp³-hybridized carbons (Fsp3) is 0.278. The van der Waals surface area contributed by atoms with Crippen LogP contribution < -0.4 is 15.4 Å². The summed E-state index contributed by atoms with van der Waals surface area (Å²) in [7, 11) is 1.57. The van der Waals surface area contributed by atoms with Crippen molar-refractivity contribution >= 4 is 11.6 Å². The molecular weight excluding hydrogens is 295 g/mol. The van der Waals surface area contributed by atoms with Crippen molar-refractivity contribution in [1.29, 1.82) is 0 Å². The normalized spacial score (nSPS) is 11.8. The van der Waals surface area contributed by atoms with E-state index in [1.54, 1.807) is 13.2 Å². The number of methoxy groups -OCH3 is 1. The number of ether oxygens (including phenoxy) is 1. The maximum absolute atomic E-state index is 13.4. The van der Waals surface area contributed by atoms with Crippen LogP contribution in [0.1, 0.15) is 31.0 Å². The zero-order valence-electron chi connectivity index (χ0n) is 13.5. The second kappa shape index (κ2) is 7.74. The van der Waals surface area contributed by atoms with Crippen molar-refractivity contribution in [1.82, 2.24) is 5.32 Å². The first-order valence-electron chi connectivity index (χ1n) is 7.43. The minimum atomic E-state index is -0.283. The van der Waals surface area contributed by atoms with Gasteiger partial charge >= 0.3 is 0 Å². The van der Waals surface area contributed by atoms with E-state index in [1.807, 2.05) is 31.2 Å². The van der Waals surface area contributed by atoms with Crippen LogP contribution in [0.3, 0.4) is 0 Å². The molecule has 0 saturated carbocycles. The molecule has 0 heterocycles.